The highest BCUT2D eigenvalue weighted by Gasteiger charge is 2.19. The Morgan fingerprint density at radius 1 is 0.806 bits per heavy atom. The first-order valence-corrected chi connectivity index (χ1v) is 13.5. The first-order chi connectivity index (χ1) is 17.4. The van der Waals surface area contributed by atoms with Crippen LogP contribution < -0.4 is 16.0 Å². The molecule has 0 rings (SSSR count). The van der Waals surface area contributed by atoms with Gasteiger partial charge in [-0.15, -0.1) is 0 Å². The molecule has 0 saturated heterocycles. The summed E-state index contributed by atoms with van der Waals surface area (Å²) in [5.74, 6) is -1.30. The molecule has 12 nitrogen and oxygen atoms in total. The summed E-state index contributed by atoms with van der Waals surface area (Å²) < 4.78 is 21.1. The number of carbonyl (C=O) groups excluding carboxylic acids is 3. The Balaban J connectivity index is 3.67. The monoisotopic (exact) mass is 537 g/mol. The van der Waals surface area contributed by atoms with E-state index in [9.17, 15) is 24.3 Å². The van der Waals surface area contributed by atoms with Gasteiger partial charge in [0.15, 0.2) is 5.78 Å². The molecule has 0 radical (unpaired) electrons. The number of nitrogens with one attached hydrogen (secondary N) is 3. The summed E-state index contributed by atoms with van der Waals surface area (Å²) in [4.78, 5) is 46.4. The first-order valence-electron chi connectivity index (χ1n) is 12.2. The van der Waals surface area contributed by atoms with E-state index in [1.54, 1.807) is 0 Å². The smallest absolute Gasteiger partial charge is 0.326 e. The van der Waals surface area contributed by atoms with Gasteiger partial charge in [0, 0.05) is 26.1 Å². The third-order valence-electron chi connectivity index (χ3n) is 4.63. The van der Waals surface area contributed by atoms with Crippen molar-refractivity contribution in [1.29, 1.82) is 0 Å². The number of Topliss-reactive ketones (excluding diaryl/α,β-unsaturated/α-hetero) is 1. The zero-order chi connectivity index (χ0) is 26.9. The minimum atomic E-state index is -1.11. The van der Waals surface area contributed by atoms with Crippen LogP contribution in [0.4, 0.5) is 0 Å². The molecule has 0 aliphatic rings. The predicted octanol–water partition coefficient (Wildman–Crippen LogP) is -0.160. The van der Waals surface area contributed by atoms with Crippen LogP contribution in [0, 0.1) is 0 Å². The molecule has 0 aromatic heterocycles. The van der Waals surface area contributed by atoms with Crippen LogP contribution >= 0.6 is 11.8 Å². The standard InChI is InChI=1S/C23H43N3O9S/c1-24-9-11-33-13-14-34-16-19(27)6-5-10-32-12-15-35-17-21(28)26-20(23(30)31)7-3-4-8-25-22(29)18-36-2/h20,24H,3-18H2,1-2H3,(H,25,29)(H,26,28)(H,30,31). The number of aliphatic carboxylic acids is 1. The number of unbranched alkanes of at least 4 members (excludes halogenated alkanes) is 1. The Kier molecular flexibility index (Phi) is 23.7. The predicted molar refractivity (Wildman–Crippen MR) is 136 cm³/mol. The lowest BCUT2D eigenvalue weighted by atomic mass is 10.1. The fourth-order valence-electron chi connectivity index (χ4n) is 2.79. The number of likely N-dealkylation sites (N-methyl/N-ethyl adjacent to an activating group) is 1. The molecule has 2 amide bonds. The number of carboxylic acid groups (broad SMARTS) is 1. The van der Waals surface area contributed by atoms with Gasteiger partial charge in [-0.05, 0) is 39.0 Å². The maximum absolute atomic E-state index is 11.9. The molecule has 210 valence electrons. The van der Waals surface area contributed by atoms with Gasteiger partial charge in [-0.2, -0.15) is 11.8 Å². The minimum absolute atomic E-state index is 0.00456. The molecule has 0 heterocycles. The van der Waals surface area contributed by atoms with Crippen molar-refractivity contribution in [3.05, 3.63) is 0 Å². The Morgan fingerprint density at radius 3 is 2.14 bits per heavy atom. The van der Waals surface area contributed by atoms with Crippen LogP contribution in [0.15, 0.2) is 0 Å². The number of hydrogen-bond donors (Lipinski definition) is 4. The van der Waals surface area contributed by atoms with Gasteiger partial charge >= 0.3 is 5.97 Å². The summed E-state index contributed by atoms with van der Waals surface area (Å²) in [6.07, 6.45) is 4.18. The Hall–Kier alpha value is -1.77. The molecule has 0 bridgehead atoms. The lowest BCUT2D eigenvalue weighted by Crippen LogP contribution is -2.42. The maximum atomic E-state index is 11.9. The minimum Gasteiger partial charge on any atom is -0.480 e. The highest BCUT2D eigenvalue weighted by atomic mass is 32.2. The number of carbonyl (C=O) groups is 4. The van der Waals surface area contributed by atoms with E-state index < -0.39 is 17.9 Å². The lowest BCUT2D eigenvalue weighted by molar-refractivity contribution is -0.142. The van der Waals surface area contributed by atoms with E-state index in [4.69, 9.17) is 18.9 Å². The van der Waals surface area contributed by atoms with Gasteiger partial charge < -0.3 is 40.0 Å². The lowest BCUT2D eigenvalue weighted by Gasteiger charge is -2.14. The van der Waals surface area contributed by atoms with Gasteiger partial charge in [-0.3, -0.25) is 14.4 Å². The first kappa shape index (κ1) is 34.2. The Bertz CT molecular complexity index is 611. The van der Waals surface area contributed by atoms with Gasteiger partial charge in [0.05, 0.1) is 38.8 Å². The summed E-state index contributed by atoms with van der Waals surface area (Å²) in [5, 5.41) is 17.4. The molecule has 0 saturated carbocycles. The largest absolute Gasteiger partial charge is 0.480 e. The van der Waals surface area contributed by atoms with Crippen molar-refractivity contribution in [1.82, 2.24) is 16.0 Å². The van der Waals surface area contributed by atoms with E-state index in [2.05, 4.69) is 16.0 Å². The highest BCUT2D eigenvalue weighted by molar-refractivity contribution is 7.99. The van der Waals surface area contributed by atoms with E-state index >= 15 is 0 Å². The Labute approximate surface area is 217 Å². The molecular formula is C23H43N3O9S. The molecule has 4 N–H and O–H groups in total. The number of ketones is 1. The molecule has 1 unspecified atom stereocenters. The Morgan fingerprint density at radius 2 is 1.47 bits per heavy atom. The van der Waals surface area contributed by atoms with E-state index in [1.807, 2.05) is 13.3 Å². The van der Waals surface area contributed by atoms with Crippen molar-refractivity contribution >= 4 is 35.3 Å². The molecule has 0 fully saturated rings. The van der Waals surface area contributed by atoms with Gasteiger partial charge in [0.1, 0.15) is 19.3 Å². The van der Waals surface area contributed by atoms with Crippen molar-refractivity contribution in [2.24, 2.45) is 0 Å². The van der Waals surface area contributed by atoms with Crippen molar-refractivity contribution < 1.29 is 43.2 Å². The van der Waals surface area contributed by atoms with E-state index in [0.29, 0.717) is 64.4 Å². The molecule has 0 aliphatic heterocycles. The summed E-state index contributed by atoms with van der Waals surface area (Å²) in [6.45, 7) is 3.26. The van der Waals surface area contributed by atoms with Crippen LogP contribution in [0.1, 0.15) is 32.1 Å². The number of hydrogen-bond acceptors (Lipinski definition) is 10. The van der Waals surface area contributed by atoms with E-state index in [0.717, 1.165) is 6.54 Å². The zero-order valence-corrected chi connectivity index (χ0v) is 22.3. The summed E-state index contributed by atoms with van der Waals surface area (Å²) >= 11 is 1.43. The van der Waals surface area contributed by atoms with Crippen LogP contribution in [0.2, 0.25) is 0 Å². The summed E-state index contributed by atoms with van der Waals surface area (Å²) in [7, 11) is 1.84. The fraction of sp³-hybridized carbons (Fsp3) is 0.826. The third-order valence-corrected chi connectivity index (χ3v) is 5.18. The van der Waals surface area contributed by atoms with Gasteiger partial charge in [0.25, 0.3) is 0 Å². The fourth-order valence-corrected chi connectivity index (χ4v) is 3.15. The molecule has 13 heteroatoms. The van der Waals surface area contributed by atoms with Gasteiger partial charge in [0.2, 0.25) is 11.8 Å². The molecule has 0 aromatic rings. The van der Waals surface area contributed by atoms with Crippen molar-refractivity contribution in [2.45, 2.75) is 38.1 Å². The second kappa shape index (κ2) is 24.9. The van der Waals surface area contributed by atoms with Crippen LogP contribution in [0.5, 0.6) is 0 Å². The third kappa shape index (κ3) is 22.7. The van der Waals surface area contributed by atoms with E-state index in [-0.39, 0.29) is 44.5 Å². The van der Waals surface area contributed by atoms with Gasteiger partial charge in [-0.1, -0.05) is 0 Å². The molecular weight excluding hydrogens is 494 g/mol. The molecule has 0 spiro atoms. The second-order valence-electron chi connectivity index (χ2n) is 7.81. The number of rotatable bonds is 26. The van der Waals surface area contributed by atoms with Crippen molar-refractivity contribution in [3.63, 3.8) is 0 Å². The number of carboxylic acids is 1. The SMILES string of the molecule is CNCCOCCOCC(=O)CCCOCCOCC(=O)NC(CCCCNC(=O)CSC)C(=O)O. The van der Waals surface area contributed by atoms with Crippen LogP contribution in [0.3, 0.4) is 0 Å². The number of amides is 2. The van der Waals surface area contributed by atoms with Gasteiger partial charge in [-0.25, -0.2) is 4.79 Å². The zero-order valence-electron chi connectivity index (χ0n) is 21.5. The normalized spacial score (nSPS) is 11.7. The number of thioether (sulfide) groups is 1. The molecule has 0 aliphatic carbocycles. The average molecular weight is 538 g/mol. The van der Waals surface area contributed by atoms with Crippen LogP contribution in [-0.2, 0) is 38.1 Å². The average Bonchev–Trinajstić information content (AvgIpc) is 2.84. The van der Waals surface area contributed by atoms with Crippen molar-refractivity contribution in [3.8, 4) is 0 Å². The summed E-state index contributed by atoms with van der Waals surface area (Å²) in [5.41, 5.74) is 0. The second-order valence-corrected chi connectivity index (χ2v) is 8.68. The van der Waals surface area contributed by atoms with Crippen LogP contribution in [0.25, 0.3) is 0 Å². The maximum Gasteiger partial charge on any atom is 0.326 e. The quantitative estimate of drug-likeness (QED) is 0.109. The molecule has 36 heavy (non-hydrogen) atoms. The summed E-state index contributed by atoms with van der Waals surface area (Å²) in [6, 6.07) is -1.01. The molecule has 1 atom stereocenters. The van der Waals surface area contributed by atoms with Crippen molar-refractivity contribution in [2.75, 3.05) is 85.0 Å². The number of ether oxygens (including phenoxy) is 4. The molecule has 0 aromatic carbocycles. The topological polar surface area (TPSA) is 162 Å². The van der Waals surface area contributed by atoms with Crippen LogP contribution in [-0.4, -0.2) is 120 Å². The highest BCUT2D eigenvalue weighted by Crippen LogP contribution is 2.02. The van der Waals surface area contributed by atoms with E-state index in [1.165, 1.54) is 11.8 Å².